The monoisotopic (exact) mass is 341 g/mol. The van der Waals surface area contributed by atoms with Gasteiger partial charge in [0, 0.05) is 31.3 Å². The van der Waals surface area contributed by atoms with Gasteiger partial charge >= 0.3 is 0 Å². The van der Waals surface area contributed by atoms with Gasteiger partial charge < -0.3 is 14.4 Å². The number of benzene rings is 1. The zero-order valence-corrected chi connectivity index (χ0v) is 14.9. The van der Waals surface area contributed by atoms with Crippen molar-refractivity contribution in [2.75, 3.05) is 13.7 Å². The predicted octanol–water partition coefficient (Wildman–Crippen LogP) is 3.66. The van der Waals surface area contributed by atoms with Crippen LogP contribution < -0.4 is 9.47 Å². The second kappa shape index (κ2) is 7.51. The molecule has 0 spiro atoms. The summed E-state index contributed by atoms with van der Waals surface area (Å²) in [6.07, 6.45) is 2.97. The molecule has 1 fully saturated rings. The largest absolute Gasteiger partial charge is 0.497 e. The Labute approximate surface area is 147 Å². The number of carbonyl (C=O) groups excluding carboxylic acids is 1. The highest BCUT2D eigenvalue weighted by atomic mass is 16.5. The van der Waals surface area contributed by atoms with E-state index < -0.39 is 0 Å². The molecule has 0 radical (unpaired) electrons. The minimum absolute atomic E-state index is 0.0603. The van der Waals surface area contributed by atoms with E-state index in [2.05, 4.69) is 9.97 Å². The van der Waals surface area contributed by atoms with E-state index in [1.54, 1.807) is 26.2 Å². The SMILES string of the molecule is COc1cccc(Oc2cc(C)nc(C3CCCCN3C(C)=O)n2)c1. The molecule has 132 valence electrons. The number of aryl methyl sites for hydroxylation is 1. The number of nitrogens with zero attached hydrogens (tertiary/aromatic N) is 3. The van der Waals surface area contributed by atoms with Gasteiger partial charge in [-0.3, -0.25) is 4.79 Å². The topological polar surface area (TPSA) is 64.6 Å². The van der Waals surface area contributed by atoms with Crippen LogP contribution in [0.2, 0.25) is 0 Å². The quantitative estimate of drug-likeness (QED) is 0.849. The van der Waals surface area contributed by atoms with Crippen molar-refractivity contribution in [2.45, 2.75) is 39.2 Å². The van der Waals surface area contributed by atoms with Gasteiger partial charge in [0.1, 0.15) is 11.5 Å². The number of hydrogen-bond donors (Lipinski definition) is 0. The number of rotatable bonds is 4. The van der Waals surface area contributed by atoms with Gasteiger partial charge in [-0.2, -0.15) is 4.98 Å². The zero-order chi connectivity index (χ0) is 17.8. The summed E-state index contributed by atoms with van der Waals surface area (Å²) in [6, 6.07) is 9.09. The Kier molecular flexibility index (Phi) is 5.16. The summed E-state index contributed by atoms with van der Waals surface area (Å²) in [5.41, 5.74) is 0.817. The Morgan fingerprint density at radius 3 is 2.76 bits per heavy atom. The first-order valence-electron chi connectivity index (χ1n) is 8.51. The van der Waals surface area contributed by atoms with Gasteiger partial charge in [0.05, 0.1) is 13.2 Å². The smallest absolute Gasteiger partial charge is 0.222 e. The average Bonchev–Trinajstić information content (AvgIpc) is 2.61. The number of aromatic nitrogens is 2. The highest BCUT2D eigenvalue weighted by Gasteiger charge is 2.28. The maximum absolute atomic E-state index is 11.9. The van der Waals surface area contributed by atoms with Crippen molar-refractivity contribution in [1.29, 1.82) is 0 Å². The van der Waals surface area contributed by atoms with E-state index in [-0.39, 0.29) is 11.9 Å². The molecule has 6 heteroatoms. The molecule has 0 bridgehead atoms. The van der Waals surface area contributed by atoms with Gasteiger partial charge in [0.25, 0.3) is 0 Å². The first-order valence-corrected chi connectivity index (χ1v) is 8.51. The average molecular weight is 341 g/mol. The molecule has 2 aromatic rings. The minimum atomic E-state index is -0.0844. The van der Waals surface area contributed by atoms with Crippen LogP contribution in [-0.4, -0.2) is 34.4 Å². The Morgan fingerprint density at radius 2 is 2.00 bits per heavy atom. The summed E-state index contributed by atoms with van der Waals surface area (Å²) in [5, 5.41) is 0. The Morgan fingerprint density at radius 1 is 1.20 bits per heavy atom. The number of likely N-dealkylation sites (tertiary alicyclic amines) is 1. The number of ether oxygens (including phenoxy) is 2. The van der Waals surface area contributed by atoms with Crippen molar-refractivity contribution in [3.05, 3.63) is 41.9 Å². The third kappa shape index (κ3) is 4.07. The number of carbonyl (C=O) groups is 1. The molecule has 1 aromatic heterocycles. The van der Waals surface area contributed by atoms with E-state index >= 15 is 0 Å². The molecule has 1 saturated heterocycles. The summed E-state index contributed by atoms with van der Waals surface area (Å²) < 4.78 is 11.1. The molecular formula is C19H23N3O3. The van der Waals surface area contributed by atoms with Gasteiger partial charge in [0.15, 0.2) is 5.82 Å². The zero-order valence-electron chi connectivity index (χ0n) is 14.9. The van der Waals surface area contributed by atoms with E-state index in [9.17, 15) is 4.79 Å². The number of piperidine rings is 1. The molecule has 6 nitrogen and oxygen atoms in total. The van der Waals surface area contributed by atoms with Crippen LogP contribution in [0.1, 0.15) is 43.7 Å². The second-order valence-corrected chi connectivity index (χ2v) is 6.21. The lowest BCUT2D eigenvalue weighted by molar-refractivity contribution is -0.132. The normalized spacial score (nSPS) is 17.2. The van der Waals surface area contributed by atoms with E-state index in [0.717, 1.165) is 37.3 Å². The van der Waals surface area contributed by atoms with Gasteiger partial charge in [0.2, 0.25) is 11.8 Å². The highest BCUT2D eigenvalue weighted by Crippen LogP contribution is 2.31. The number of amides is 1. The van der Waals surface area contributed by atoms with Crippen molar-refractivity contribution in [3.63, 3.8) is 0 Å². The molecule has 0 N–H and O–H groups in total. The third-order valence-electron chi connectivity index (χ3n) is 4.32. The highest BCUT2D eigenvalue weighted by molar-refractivity contribution is 5.73. The maximum Gasteiger partial charge on any atom is 0.222 e. The molecular weight excluding hydrogens is 318 g/mol. The molecule has 25 heavy (non-hydrogen) atoms. The standard InChI is InChI=1S/C19H23N3O3/c1-13-11-18(25-16-8-6-7-15(12-16)24-3)21-19(20-13)17-9-4-5-10-22(17)14(2)23/h6-8,11-12,17H,4-5,9-10H2,1-3H3. The lowest BCUT2D eigenvalue weighted by Crippen LogP contribution is -2.37. The first-order chi connectivity index (χ1) is 12.1. The Balaban J connectivity index is 1.88. The van der Waals surface area contributed by atoms with Crippen molar-refractivity contribution >= 4 is 5.91 Å². The molecule has 1 unspecified atom stereocenters. The summed E-state index contributed by atoms with van der Waals surface area (Å²) in [6.45, 7) is 4.26. The molecule has 1 aliphatic rings. The van der Waals surface area contributed by atoms with Crippen LogP contribution in [0.4, 0.5) is 0 Å². The molecule has 1 amide bonds. The van der Waals surface area contributed by atoms with Gasteiger partial charge in [-0.25, -0.2) is 4.98 Å². The van der Waals surface area contributed by atoms with Crippen LogP contribution in [0.25, 0.3) is 0 Å². The fraction of sp³-hybridized carbons (Fsp3) is 0.421. The molecule has 0 aliphatic carbocycles. The van der Waals surface area contributed by atoms with Gasteiger partial charge in [-0.1, -0.05) is 6.07 Å². The van der Waals surface area contributed by atoms with Crippen molar-refractivity contribution < 1.29 is 14.3 Å². The fourth-order valence-corrected chi connectivity index (χ4v) is 3.13. The molecule has 1 aliphatic heterocycles. The lowest BCUT2D eigenvalue weighted by atomic mass is 10.0. The number of methoxy groups -OCH3 is 1. The predicted molar refractivity (Wildman–Crippen MR) is 93.8 cm³/mol. The summed E-state index contributed by atoms with van der Waals surface area (Å²) >= 11 is 0. The van der Waals surface area contributed by atoms with E-state index in [4.69, 9.17) is 9.47 Å². The second-order valence-electron chi connectivity index (χ2n) is 6.21. The van der Waals surface area contributed by atoms with Gasteiger partial charge in [-0.05, 0) is 38.3 Å². The van der Waals surface area contributed by atoms with Crippen molar-refractivity contribution in [1.82, 2.24) is 14.9 Å². The van der Waals surface area contributed by atoms with Crippen LogP contribution in [0.3, 0.4) is 0 Å². The molecule has 2 heterocycles. The Hall–Kier alpha value is -2.63. The van der Waals surface area contributed by atoms with Crippen LogP contribution >= 0.6 is 0 Å². The fourth-order valence-electron chi connectivity index (χ4n) is 3.13. The van der Waals surface area contributed by atoms with E-state index in [1.165, 1.54) is 0 Å². The van der Waals surface area contributed by atoms with Crippen LogP contribution in [0, 0.1) is 6.92 Å². The molecule has 1 atom stereocenters. The number of hydrogen-bond acceptors (Lipinski definition) is 5. The Bertz CT molecular complexity index is 763. The first kappa shape index (κ1) is 17.2. The van der Waals surface area contributed by atoms with Crippen LogP contribution in [-0.2, 0) is 4.79 Å². The third-order valence-corrected chi connectivity index (χ3v) is 4.32. The lowest BCUT2D eigenvalue weighted by Gasteiger charge is -2.34. The van der Waals surface area contributed by atoms with Gasteiger partial charge in [-0.15, -0.1) is 0 Å². The maximum atomic E-state index is 11.9. The van der Waals surface area contributed by atoms with E-state index in [0.29, 0.717) is 17.5 Å². The minimum Gasteiger partial charge on any atom is -0.497 e. The summed E-state index contributed by atoms with van der Waals surface area (Å²) in [4.78, 5) is 22.9. The molecule has 0 saturated carbocycles. The van der Waals surface area contributed by atoms with E-state index in [1.807, 2.05) is 30.0 Å². The van der Waals surface area contributed by atoms with Crippen molar-refractivity contribution in [3.8, 4) is 17.4 Å². The molecule has 1 aromatic carbocycles. The summed E-state index contributed by atoms with van der Waals surface area (Å²) in [5.74, 6) is 2.55. The molecule has 3 rings (SSSR count). The van der Waals surface area contributed by atoms with Crippen molar-refractivity contribution in [2.24, 2.45) is 0 Å². The van der Waals surface area contributed by atoms with Crippen LogP contribution in [0.15, 0.2) is 30.3 Å². The van der Waals surface area contributed by atoms with Crippen LogP contribution in [0.5, 0.6) is 17.4 Å². The summed E-state index contributed by atoms with van der Waals surface area (Å²) in [7, 11) is 1.62.